The Hall–Kier alpha value is -0.650. The number of nitrogens with one attached hydrogen (secondary N) is 1. The molecule has 0 aromatic heterocycles. The Balaban J connectivity index is 0.00000324. The van der Waals surface area contributed by atoms with Crippen molar-refractivity contribution in [3.63, 3.8) is 0 Å². The van der Waals surface area contributed by atoms with Crippen molar-refractivity contribution in [2.45, 2.75) is 32.1 Å². The molecule has 0 fully saturated rings. The molecule has 3 nitrogen and oxygen atoms in total. The first-order chi connectivity index (χ1) is 8.63. The predicted octanol–water partition coefficient (Wildman–Crippen LogP) is 3.86. The van der Waals surface area contributed by atoms with E-state index in [0.29, 0.717) is 13.0 Å². The fourth-order valence-corrected chi connectivity index (χ4v) is 1.95. The predicted molar refractivity (Wildman–Crippen MR) is 82.1 cm³/mol. The quantitative estimate of drug-likeness (QED) is 0.731. The van der Waals surface area contributed by atoms with E-state index in [1.165, 1.54) is 6.07 Å². The molecule has 6 heteroatoms. The number of anilines is 1. The van der Waals surface area contributed by atoms with E-state index in [9.17, 15) is 9.18 Å². The molecule has 0 aliphatic carbocycles. The summed E-state index contributed by atoms with van der Waals surface area (Å²) in [5.74, 6) is -0.575. The first-order valence-corrected chi connectivity index (χ1v) is 6.87. The van der Waals surface area contributed by atoms with Gasteiger partial charge in [0.2, 0.25) is 5.91 Å². The second kappa shape index (κ2) is 10.2. The Morgan fingerprint density at radius 1 is 1.26 bits per heavy atom. The average molecular weight is 354 g/mol. The van der Waals surface area contributed by atoms with Crippen LogP contribution in [0.25, 0.3) is 0 Å². The van der Waals surface area contributed by atoms with Crippen LogP contribution in [0, 0.1) is 5.82 Å². The van der Waals surface area contributed by atoms with E-state index in [2.05, 4.69) is 21.2 Å². The zero-order chi connectivity index (χ0) is 13.4. The molecule has 0 saturated carbocycles. The van der Waals surface area contributed by atoms with Gasteiger partial charge in [0, 0.05) is 10.9 Å². The Morgan fingerprint density at radius 3 is 2.63 bits per heavy atom. The molecule has 0 radical (unpaired) electrons. The van der Waals surface area contributed by atoms with Gasteiger partial charge in [0.05, 0.1) is 5.69 Å². The molecule has 0 aliphatic heterocycles. The van der Waals surface area contributed by atoms with Crippen LogP contribution in [0.2, 0.25) is 0 Å². The second-order valence-electron chi connectivity index (χ2n) is 4.13. The van der Waals surface area contributed by atoms with E-state index in [1.54, 1.807) is 12.1 Å². The van der Waals surface area contributed by atoms with Gasteiger partial charge in [-0.05, 0) is 37.6 Å². The van der Waals surface area contributed by atoms with Crippen LogP contribution in [0.1, 0.15) is 32.1 Å². The third kappa shape index (κ3) is 7.50. The molecule has 0 unspecified atom stereocenters. The maximum absolute atomic E-state index is 13.4. The first-order valence-electron chi connectivity index (χ1n) is 6.08. The molecular weight excluding hydrogens is 335 g/mol. The highest BCUT2D eigenvalue weighted by atomic mass is 79.9. The molecular formula is C13H19BrClFN2O. The molecule has 1 rings (SSSR count). The van der Waals surface area contributed by atoms with Gasteiger partial charge in [-0.2, -0.15) is 0 Å². The topological polar surface area (TPSA) is 55.1 Å². The minimum Gasteiger partial charge on any atom is -0.330 e. The molecule has 0 atom stereocenters. The lowest BCUT2D eigenvalue weighted by Gasteiger charge is -2.06. The molecule has 1 aromatic rings. The number of carbonyl (C=O) groups excluding carboxylic acids is 1. The van der Waals surface area contributed by atoms with Crippen LogP contribution < -0.4 is 11.1 Å². The lowest BCUT2D eigenvalue weighted by Crippen LogP contribution is -2.12. The first kappa shape index (κ1) is 18.4. The van der Waals surface area contributed by atoms with Crippen molar-refractivity contribution in [2.75, 3.05) is 11.9 Å². The van der Waals surface area contributed by atoms with Gasteiger partial charge in [-0.15, -0.1) is 12.4 Å². The van der Waals surface area contributed by atoms with Crippen LogP contribution in [-0.4, -0.2) is 12.5 Å². The number of hydrogen-bond donors (Lipinski definition) is 2. The number of benzene rings is 1. The summed E-state index contributed by atoms with van der Waals surface area (Å²) in [6.45, 7) is 0.690. The number of unbranched alkanes of at least 4 members (excludes halogenated alkanes) is 3. The molecule has 0 aliphatic rings. The van der Waals surface area contributed by atoms with Crippen LogP contribution in [0.15, 0.2) is 22.7 Å². The number of hydrogen-bond acceptors (Lipinski definition) is 2. The van der Waals surface area contributed by atoms with Crippen molar-refractivity contribution in [1.82, 2.24) is 0 Å². The Morgan fingerprint density at radius 2 is 1.95 bits per heavy atom. The van der Waals surface area contributed by atoms with Gasteiger partial charge in [-0.25, -0.2) is 4.39 Å². The largest absolute Gasteiger partial charge is 0.330 e. The number of amides is 1. The molecule has 108 valence electrons. The third-order valence-corrected chi connectivity index (χ3v) is 3.05. The monoisotopic (exact) mass is 352 g/mol. The highest BCUT2D eigenvalue weighted by Gasteiger charge is 2.07. The lowest BCUT2D eigenvalue weighted by atomic mass is 10.1. The van der Waals surface area contributed by atoms with E-state index in [0.717, 1.165) is 30.2 Å². The van der Waals surface area contributed by atoms with Gasteiger partial charge in [-0.3, -0.25) is 4.79 Å². The fraction of sp³-hybridized carbons (Fsp3) is 0.462. The molecule has 1 amide bonds. The third-order valence-electron chi connectivity index (χ3n) is 2.56. The van der Waals surface area contributed by atoms with Crippen molar-refractivity contribution >= 4 is 39.9 Å². The van der Waals surface area contributed by atoms with Crippen molar-refractivity contribution in [3.8, 4) is 0 Å². The highest BCUT2D eigenvalue weighted by molar-refractivity contribution is 9.10. The minimum absolute atomic E-state index is 0. The number of carbonyl (C=O) groups is 1. The summed E-state index contributed by atoms with van der Waals surface area (Å²) in [6.07, 6.45) is 4.22. The van der Waals surface area contributed by atoms with Gasteiger partial charge in [0.1, 0.15) is 5.82 Å². The van der Waals surface area contributed by atoms with E-state index in [-0.39, 0.29) is 24.0 Å². The highest BCUT2D eigenvalue weighted by Crippen LogP contribution is 2.20. The normalized spacial score (nSPS) is 9.84. The molecule has 0 spiro atoms. The molecule has 0 saturated heterocycles. The van der Waals surface area contributed by atoms with E-state index < -0.39 is 5.82 Å². The Kier molecular flexibility index (Phi) is 9.83. The van der Waals surface area contributed by atoms with Crippen LogP contribution in [0.5, 0.6) is 0 Å². The van der Waals surface area contributed by atoms with Gasteiger partial charge in [0.15, 0.2) is 0 Å². The van der Waals surface area contributed by atoms with E-state index in [1.807, 2.05) is 0 Å². The number of nitrogens with two attached hydrogens (primary N) is 1. The smallest absolute Gasteiger partial charge is 0.224 e. The van der Waals surface area contributed by atoms with Crippen LogP contribution in [0.3, 0.4) is 0 Å². The Bertz CT molecular complexity index is 404. The van der Waals surface area contributed by atoms with Crippen molar-refractivity contribution in [1.29, 1.82) is 0 Å². The lowest BCUT2D eigenvalue weighted by molar-refractivity contribution is -0.116. The van der Waals surface area contributed by atoms with E-state index in [4.69, 9.17) is 5.73 Å². The second-order valence-corrected chi connectivity index (χ2v) is 5.04. The summed E-state index contributed by atoms with van der Waals surface area (Å²) in [5, 5.41) is 2.57. The zero-order valence-corrected chi connectivity index (χ0v) is 13.0. The average Bonchev–Trinajstić information content (AvgIpc) is 2.33. The molecule has 0 heterocycles. The van der Waals surface area contributed by atoms with Crippen LogP contribution in [-0.2, 0) is 4.79 Å². The maximum atomic E-state index is 13.4. The van der Waals surface area contributed by atoms with Gasteiger partial charge in [0.25, 0.3) is 0 Å². The van der Waals surface area contributed by atoms with Gasteiger partial charge in [-0.1, -0.05) is 28.8 Å². The minimum atomic E-state index is -0.422. The molecule has 3 N–H and O–H groups in total. The summed E-state index contributed by atoms with van der Waals surface area (Å²) in [7, 11) is 0. The number of halogens is 3. The zero-order valence-electron chi connectivity index (χ0n) is 10.6. The maximum Gasteiger partial charge on any atom is 0.224 e. The summed E-state index contributed by atoms with van der Waals surface area (Å²) in [6, 6.07) is 4.47. The summed E-state index contributed by atoms with van der Waals surface area (Å²) < 4.78 is 14.1. The number of rotatable bonds is 7. The van der Waals surface area contributed by atoms with E-state index >= 15 is 0 Å². The molecule has 0 bridgehead atoms. The Labute approximate surface area is 127 Å². The summed E-state index contributed by atoms with van der Waals surface area (Å²) >= 11 is 3.24. The summed E-state index contributed by atoms with van der Waals surface area (Å²) in [4.78, 5) is 11.6. The van der Waals surface area contributed by atoms with Gasteiger partial charge >= 0.3 is 0 Å². The van der Waals surface area contributed by atoms with Crippen molar-refractivity contribution in [2.24, 2.45) is 5.73 Å². The summed E-state index contributed by atoms with van der Waals surface area (Å²) in [5.41, 5.74) is 5.60. The molecule has 1 aromatic carbocycles. The molecule has 19 heavy (non-hydrogen) atoms. The van der Waals surface area contributed by atoms with Crippen LogP contribution in [0.4, 0.5) is 10.1 Å². The van der Waals surface area contributed by atoms with Crippen LogP contribution >= 0.6 is 28.3 Å². The van der Waals surface area contributed by atoms with Gasteiger partial charge < -0.3 is 11.1 Å². The van der Waals surface area contributed by atoms with Crippen molar-refractivity contribution < 1.29 is 9.18 Å². The standard InChI is InChI=1S/C13H18BrFN2O.ClH/c14-10-6-7-11(15)12(9-10)17-13(18)5-3-1-2-4-8-16;/h6-7,9H,1-5,8,16H2,(H,17,18);1H. The van der Waals surface area contributed by atoms with Crippen molar-refractivity contribution in [3.05, 3.63) is 28.5 Å². The fourth-order valence-electron chi connectivity index (χ4n) is 1.59. The SMILES string of the molecule is Cl.NCCCCCCC(=O)Nc1cc(Br)ccc1F.